The lowest BCUT2D eigenvalue weighted by Crippen LogP contribution is -2.47. The van der Waals surface area contributed by atoms with Crippen LogP contribution < -0.4 is 4.74 Å². The number of ether oxygens (including phenoxy) is 2. The number of hydrogen-bond acceptors (Lipinski definition) is 4. The Bertz CT molecular complexity index is 1340. The van der Waals surface area contributed by atoms with Crippen molar-refractivity contribution in [3.63, 3.8) is 0 Å². The molecule has 6 rings (SSSR count). The fourth-order valence-corrected chi connectivity index (χ4v) is 4.77. The molecule has 150 valence electrons. The van der Waals surface area contributed by atoms with Gasteiger partial charge in [0.25, 0.3) is 0 Å². The van der Waals surface area contributed by atoms with Gasteiger partial charge < -0.3 is 9.47 Å². The minimum Gasteiger partial charge on any atom is -0.460 e. The van der Waals surface area contributed by atoms with Crippen LogP contribution in [0.15, 0.2) is 90.7 Å². The fourth-order valence-electron chi connectivity index (χ4n) is 4.77. The van der Waals surface area contributed by atoms with Gasteiger partial charge >= 0.3 is 5.97 Å². The molecule has 1 spiro atoms. The van der Waals surface area contributed by atoms with Crippen molar-refractivity contribution < 1.29 is 23.5 Å². The number of ketones is 1. The van der Waals surface area contributed by atoms with Gasteiger partial charge in [-0.25, -0.2) is 9.18 Å². The molecular formula is C26H15FO4. The molecule has 31 heavy (non-hydrogen) atoms. The number of halogens is 1. The molecular weight excluding hydrogens is 395 g/mol. The van der Waals surface area contributed by atoms with Crippen LogP contribution in [0.4, 0.5) is 4.39 Å². The van der Waals surface area contributed by atoms with Gasteiger partial charge in [0.2, 0.25) is 0 Å². The molecule has 2 aliphatic heterocycles. The van der Waals surface area contributed by atoms with Crippen LogP contribution in [0.1, 0.15) is 27.0 Å². The molecule has 3 aliphatic rings. The van der Waals surface area contributed by atoms with Gasteiger partial charge in [-0.05, 0) is 42.0 Å². The number of para-hydroxylation sites is 1. The summed E-state index contributed by atoms with van der Waals surface area (Å²) in [6.07, 6.45) is 3.41. The molecule has 3 aromatic carbocycles. The van der Waals surface area contributed by atoms with Gasteiger partial charge in [-0.2, -0.15) is 0 Å². The smallest absolute Gasteiger partial charge is 0.339 e. The van der Waals surface area contributed by atoms with Crippen LogP contribution in [0, 0.1) is 11.7 Å². The topological polar surface area (TPSA) is 52.6 Å². The molecule has 0 saturated heterocycles. The summed E-state index contributed by atoms with van der Waals surface area (Å²) in [4.78, 5) is 26.7. The maximum atomic E-state index is 13.9. The molecule has 0 fully saturated rings. The molecule has 2 atom stereocenters. The van der Waals surface area contributed by atoms with Gasteiger partial charge in [-0.3, -0.25) is 4.79 Å². The Labute approximate surface area is 177 Å². The molecule has 0 saturated carbocycles. The monoisotopic (exact) mass is 410 g/mol. The second kappa shape index (κ2) is 6.25. The fraction of sp³-hybridized carbons (Fsp3) is 0.0769. The number of carbonyl (C=O) groups is 2. The summed E-state index contributed by atoms with van der Waals surface area (Å²) in [6.45, 7) is 0. The van der Waals surface area contributed by atoms with Gasteiger partial charge in [-0.15, -0.1) is 0 Å². The Morgan fingerprint density at radius 2 is 1.52 bits per heavy atom. The first-order valence-electron chi connectivity index (χ1n) is 9.92. The highest BCUT2D eigenvalue weighted by atomic mass is 19.1. The lowest BCUT2D eigenvalue weighted by Gasteiger charge is -2.43. The van der Waals surface area contributed by atoms with Crippen LogP contribution in [0.25, 0.3) is 5.57 Å². The minimum atomic E-state index is -1.33. The number of allylic oxidation sites excluding steroid dienone is 3. The Hall–Kier alpha value is -3.99. The molecule has 0 aromatic heterocycles. The lowest BCUT2D eigenvalue weighted by atomic mass is 9.68. The predicted octanol–water partition coefficient (Wildman–Crippen LogP) is 4.80. The van der Waals surface area contributed by atoms with E-state index in [-0.39, 0.29) is 11.6 Å². The summed E-state index contributed by atoms with van der Waals surface area (Å²) >= 11 is 0. The highest BCUT2D eigenvalue weighted by Gasteiger charge is 2.61. The maximum Gasteiger partial charge on any atom is 0.339 e. The van der Waals surface area contributed by atoms with Gasteiger partial charge in [0, 0.05) is 16.7 Å². The third-order valence-electron chi connectivity index (χ3n) is 6.10. The summed E-state index contributed by atoms with van der Waals surface area (Å²) in [5.41, 5.74) is 1.38. The third kappa shape index (κ3) is 2.34. The van der Waals surface area contributed by atoms with E-state index >= 15 is 0 Å². The molecule has 0 radical (unpaired) electrons. The lowest BCUT2D eigenvalue weighted by molar-refractivity contribution is -0.124. The molecule has 5 heteroatoms. The second-order valence-corrected chi connectivity index (χ2v) is 7.72. The van der Waals surface area contributed by atoms with E-state index in [9.17, 15) is 14.0 Å². The van der Waals surface area contributed by atoms with E-state index in [1.54, 1.807) is 42.5 Å². The van der Waals surface area contributed by atoms with Crippen LogP contribution in [0.5, 0.6) is 5.75 Å². The van der Waals surface area contributed by atoms with E-state index in [0.29, 0.717) is 39.3 Å². The third-order valence-corrected chi connectivity index (χ3v) is 6.10. The Morgan fingerprint density at radius 3 is 2.32 bits per heavy atom. The van der Waals surface area contributed by atoms with E-state index < -0.39 is 17.5 Å². The maximum absolute atomic E-state index is 13.9. The summed E-state index contributed by atoms with van der Waals surface area (Å²) < 4.78 is 25.6. The van der Waals surface area contributed by atoms with Crippen LogP contribution in [-0.4, -0.2) is 11.8 Å². The van der Waals surface area contributed by atoms with Crippen molar-refractivity contribution in [3.8, 4) is 5.75 Å². The summed E-state index contributed by atoms with van der Waals surface area (Å²) in [6, 6.07) is 20.2. The highest BCUT2D eigenvalue weighted by Crippen LogP contribution is 2.57. The van der Waals surface area contributed by atoms with Crippen molar-refractivity contribution in [3.05, 3.63) is 119 Å². The van der Waals surface area contributed by atoms with E-state index in [1.165, 1.54) is 12.1 Å². The van der Waals surface area contributed by atoms with E-state index in [2.05, 4.69) is 0 Å². The van der Waals surface area contributed by atoms with Crippen molar-refractivity contribution in [1.29, 1.82) is 0 Å². The number of carbonyl (C=O) groups excluding carboxylic acids is 2. The van der Waals surface area contributed by atoms with E-state index in [1.807, 2.05) is 30.3 Å². The number of fused-ring (bicyclic) bond motifs is 6. The van der Waals surface area contributed by atoms with E-state index in [0.717, 1.165) is 0 Å². The summed E-state index contributed by atoms with van der Waals surface area (Å²) in [5.74, 6) is -1.03. The molecule has 0 amide bonds. The Balaban J connectivity index is 1.61. The number of hydrogen-bond donors (Lipinski definition) is 0. The van der Waals surface area contributed by atoms with E-state index in [4.69, 9.17) is 9.47 Å². The SMILES string of the molecule is O=C1OC2(c3ccccc3OC3=CC=C(c4ccc(F)cc4)C(=O)C32)c2ccccc21. The average molecular weight is 410 g/mol. The first-order chi connectivity index (χ1) is 15.1. The van der Waals surface area contributed by atoms with Crippen LogP contribution in [0.3, 0.4) is 0 Å². The molecule has 4 nitrogen and oxygen atoms in total. The van der Waals surface area contributed by atoms with Crippen molar-refractivity contribution in [2.75, 3.05) is 0 Å². The van der Waals surface area contributed by atoms with Crippen LogP contribution in [0.2, 0.25) is 0 Å². The molecule has 3 aromatic rings. The number of benzene rings is 3. The first kappa shape index (κ1) is 17.8. The zero-order valence-electron chi connectivity index (χ0n) is 16.2. The van der Waals surface area contributed by atoms with Crippen molar-refractivity contribution in [2.45, 2.75) is 5.60 Å². The number of esters is 1. The summed E-state index contributed by atoms with van der Waals surface area (Å²) in [5, 5.41) is 0. The average Bonchev–Trinajstić information content (AvgIpc) is 3.08. The standard InChI is InChI=1S/C26H15FO4/c27-16-11-9-15(10-12-16)17-13-14-22-23(24(17)28)26(20-7-3-4-8-21(20)30-22)19-6-2-1-5-18(19)25(29)31-26/h1-14,23H. The highest BCUT2D eigenvalue weighted by molar-refractivity contribution is 6.24. The molecule has 0 bridgehead atoms. The molecule has 2 heterocycles. The summed E-state index contributed by atoms with van der Waals surface area (Å²) in [7, 11) is 0. The number of Topliss-reactive ketones (excluding diaryl/α,β-unsaturated/α-hetero) is 1. The zero-order chi connectivity index (χ0) is 21.2. The van der Waals surface area contributed by atoms with Crippen LogP contribution in [-0.2, 0) is 15.1 Å². The van der Waals surface area contributed by atoms with Gasteiger partial charge in [0.15, 0.2) is 11.4 Å². The molecule has 2 unspecified atom stereocenters. The van der Waals surface area contributed by atoms with Crippen molar-refractivity contribution in [1.82, 2.24) is 0 Å². The van der Waals surface area contributed by atoms with Gasteiger partial charge in [0.05, 0.1) is 5.56 Å². The Morgan fingerprint density at radius 1 is 0.806 bits per heavy atom. The molecule has 0 N–H and O–H groups in total. The first-order valence-corrected chi connectivity index (χ1v) is 9.92. The quantitative estimate of drug-likeness (QED) is 0.541. The van der Waals surface area contributed by atoms with Gasteiger partial charge in [0.1, 0.15) is 23.2 Å². The molecule has 1 aliphatic carbocycles. The van der Waals surface area contributed by atoms with Crippen molar-refractivity contribution >= 4 is 17.3 Å². The Kier molecular flexibility index (Phi) is 3.60. The zero-order valence-corrected chi connectivity index (χ0v) is 16.2. The number of rotatable bonds is 1. The predicted molar refractivity (Wildman–Crippen MR) is 111 cm³/mol. The largest absolute Gasteiger partial charge is 0.460 e. The van der Waals surface area contributed by atoms with Gasteiger partial charge in [-0.1, -0.05) is 48.5 Å². The normalized spacial score (nSPS) is 23.2. The second-order valence-electron chi connectivity index (χ2n) is 7.72. The van der Waals surface area contributed by atoms with Crippen LogP contribution >= 0.6 is 0 Å². The minimum absolute atomic E-state index is 0.247. The van der Waals surface area contributed by atoms with Crippen molar-refractivity contribution in [2.24, 2.45) is 5.92 Å².